The van der Waals surface area contributed by atoms with Gasteiger partial charge in [-0.1, -0.05) is 11.6 Å². The first-order valence-corrected chi connectivity index (χ1v) is 5.90. The fourth-order valence-corrected chi connectivity index (χ4v) is 1.74. The first kappa shape index (κ1) is 14.5. The Kier molecular flexibility index (Phi) is 5.18. The van der Waals surface area contributed by atoms with E-state index in [0.29, 0.717) is 18.8 Å². The molecule has 0 aliphatic rings. The average molecular weight is 293 g/mol. The SMILES string of the molecule is O=C(O)c1ccc(Cl)c([N+](=O)[O-])c1NCCCCl. The summed E-state index contributed by atoms with van der Waals surface area (Å²) < 4.78 is 0. The zero-order chi connectivity index (χ0) is 13.7. The molecule has 0 aliphatic carbocycles. The number of benzene rings is 1. The van der Waals surface area contributed by atoms with E-state index in [1.54, 1.807) is 0 Å². The molecule has 0 radical (unpaired) electrons. The number of halogens is 2. The molecule has 0 heterocycles. The van der Waals surface area contributed by atoms with Crippen LogP contribution in [-0.4, -0.2) is 28.4 Å². The lowest BCUT2D eigenvalue weighted by atomic mass is 10.1. The van der Waals surface area contributed by atoms with Gasteiger partial charge >= 0.3 is 11.7 Å². The maximum Gasteiger partial charge on any atom is 0.338 e. The molecule has 0 fully saturated rings. The molecule has 8 heteroatoms. The number of carboxylic acids is 1. The molecule has 0 atom stereocenters. The lowest BCUT2D eigenvalue weighted by molar-refractivity contribution is -0.383. The minimum Gasteiger partial charge on any atom is -0.478 e. The van der Waals surface area contributed by atoms with Crippen molar-refractivity contribution in [1.82, 2.24) is 0 Å². The van der Waals surface area contributed by atoms with Crippen LogP contribution in [-0.2, 0) is 0 Å². The van der Waals surface area contributed by atoms with Crippen molar-refractivity contribution in [3.05, 3.63) is 32.8 Å². The van der Waals surface area contributed by atoms with Crippen LogP contribution in [0.2, 0.25) is 5.02 Å². The van der Waals surface area contributed by atoms with Gasteiger partial charge in [0.2, 0.25) is 0 Å². The Morgan fingerprint density at radius 1 is 1.50 bits per heavy atom. The summed E-state index contributed by atoms with van der Waals surface area (Å²) in [6, 6.07) is 2.41. The summed E-state index contributed by atoms with van der Waals surface area (Å²) in [4.78, 5) is 21.2. The zero-order valence-corrected chi connectivity index (χ0v) is 10.7. The highest BCUT2D eigenvalue weighted by Crippen LogP contribution is 2.35. The van der Waals surface area contributed by atoms with Gasteiger partial charge in [0, 0.05) is 12.4 Å². The molecule has 1 rings (SSSR count). The highest BCUT2D eigenvalue weighted by Gasteiger charge is 2.25. The van der Waals surface area contributed by atoms with Gasteiger partial charge < -0.3 is 10.4 Å². The van der Waals surface area contributed by atoms with Gasteiger partial charge in [-0.2, -0.15) is 0 Å². The van der Waals surface area contributed by atoms with Crippen molar-refractivity contribution in [3.8, 4) is 0 Å². The summed E-state index contributed by atoms with van der Waals surface area (Å²) in [5, 5.41) is 22.5. The molecule has 1 aromatic carbocycles. The van der Waals surface area contributed by atoms with Crippen molar-refractivity contribution in [1.29, 1.82) is 0 Å². The van der Waals surface area contributed by atoms with Crippen LogP contribution in [0.4, 0.5) is 11.4 Å². The van der Waals surface area contributed by atoms with Crippen molar-refractivity contribution in [2.24, 2.45) is 0 Å². The number of nitro benzene ring substituents is 1. The number of carboxylic acid groups (broad SMARTS) is 1. The maximum absolute atomic E-state index is 11.0. The Balaban J connectivity index is 3.25. The van der Waals surface area contributed by atoms with Gasteiger partial charge in [-0.3, -0.25) is 10.1 Å². The number of alkyl halides is 1. The van der Waals surface area contributed by atoms with E-state index < -0.39 is 16.6 Å². The van der Waals surface area contributed by atoms with Crippen molar-refractivity contribution in [2.45, 2.75) is 6.42 Å². The Labute approximate surface area is 113 Å². The zero-order valence-electron chi connectivity index (χ0n) is 9.15. The molecule has 0 bridgehead atoms. The first-order valence-electron chi connectivity index (χ1n) is 4.99. The minimum atomic E-state index is -1.26. The highest BCUT2D eigenvalue weighted by atomic mass is 35.5. The van der Waals surface area contributed by atoms with Gasteiger partial charge in [-0.25, -0.2) is 4.79 Å². The second-order valence-electron chi connectivity index (χ2n) is 3.35. The highest BCUT2D eigenvalue weighted by molar-refractivity contribution is 6.33. The number of rotatable bonds is 6. The third-order valence-electron chi connectivity index (χ3n) is 2.15. The molecule has 0 amide bonds. The fourth-order valence-electron chi connectivity index (χ4n) is 1.38. The molecule has 0 saturated carbocycles. The molecule has 0 aliphatic heterocycles. The van der Waals surface area contributed by atoms with E-state index in [1.165, 1.54) is 12.1 Å². The van der Waals surface area contributed by atoms with Gasteiger partial charge in [-0.15, -0.1) is 11.6 Å². The number of hydrogen-bond acceptors (Lipinski definition) is 4. The summed E-state index contributed by atoms with van der Waals surface area (Å²) in [5.74, 6) is -0.896. The van der Waals surface area contributed by atoms with Crippen LogP contribution in [0.1, 0.15) is 16.8 Å². The molecule has 2 N–H and O–H groups in total. The predicted molar refractivity (Wildman–Crippen MR) is 68.9 cm³/mol. The summed E-state index contributed by atoms with van der Waals surface area (Å²) in [6.07, 6.45) is 0.546. The molecule has 0 spiro atoms. The minimum absolute atomic E-state index is 0.0925. The van der Waals surface area contributed by atoms with Crippen LogP contribution in [0.5, 0.6) is 0 Å². The number of nitro groups is 1. The molecule has 6 nitrogen and oxygen atoms in total. The standard InChI is InChI=1S/C10H10Cl2N2O4/c11-4-1-5-13-8-6(10(15)16)2-3-7(12)9(8)14(17)18/h2-3,13H,1,4-5H2,(H,15,16). The van der Waals surface area contributed by atoms with Crippen molar-refractivity contribution < 1.29 is 14.8 Å². The first-order chi connectivity index (χ1) is 8.49. The van der Waals surface area contributed by atoms with Gasteiger partial charge in [0.05, 0.1) is 10.5 Å². The van der Waals surface area contributed by atoms with Crippen molar-refractivity contribution in [2.75, 3.05) is 17.7 Å². The fraction of sp³-hybridized carbons (Fsp3) is 0.300. The quantitative estimate of drug-likeness (QED) is 0.364. The topological polar surface area (TPSA) is 92.5 Å². The number of anilines is 1. The summed E-state index contributed by atoms with van der Waals surface area (Å²) in [5.41, 5.74) is -0.725. The van der Waals surface area contributed by atoms with Crippen molar-refractivity contribution in [3.63, 3.8) is 0 Å². The number of hydrogen-bond donors (Lipinski definition) is 2. The molecule has 0 unspecified atom stereocenters. The summed E-state index contributed by atoms with van der Waals surface area (Å²) in [7, 11) is 0. The average Bonchev–Trinajstić information content (AvgIpc) is 2.28. The molecule has 18 heavy (non-hydrogen) atoms. The number of nitrogens with zero attached hydrogens (tertiary/aromatic N) is 1. The van der Waals surface area contributed by atoms with Crippen LogP contribution >= 0.6 is 23.2 Å². The van der Waals surface area contributed by atoms with E-state index in [-0.39, 0.29) is 16.3 Å². The van der Waals surface area contributed by atoms with E-state index in [4.69, 9.17) is 28.3 Å². The van der Waals surface area contributed by atoms with Crippen molar-refractivity contribution >= 4 is 40.5 Å². The normalized spacial score (nSPS) is 10.1. The van der Waals surface area contributed by atoms with Crippen LogP contribution in [0.25, 0.3) is 0 Å². The maximum atomic E-state index is 11.0. The molecule has 0 aromatic heterocycles. The van der Waals surface area contributed by atoms with Crippen LogP contribution in [0.15, 0.2) is 12.1 Å². The van der Waals surface area contributed by atoms with Gasteiger partial charge in [-0.05, 0) is 18.6 Å². The molecule has 1 aromatic rings. The number of nitrogens with one attached hydrogen (secondary N) is 1. The van der Waals surface area contributed by atoms with Gasteiger partial charge in [0.1, 0.15) is 10.7 Å². The lowest BCUT2D eigenvalue weighted by Gasteiger charge is -2.10. The largest absolute Gasteiger partial charge is 0.478 e. The Hall–Kier alpha value is -1.53. The Morgan fingerprint density at radius 3 is 2.67 bits per heavy atom. The van der Waals surface area contributed by atoms with E-state index in [1.807, 2.05) is 0 Å². The third kappa shape index (κ3) is 3.24. The Bertz CT molecular complexity index is 479. The van der Waals surface area contributed by atoms with Crippen LogP contribution in [0, 0.1) is 10.1 Å². The van der Waals surface area contributed by atoms with E-state index in [0.717, 1.165) is 0 Å². The molecular weight excluding hydrogens is 283 g/mol. The molecule has 0 saturated heterocycles. The van der Waals surface area contributed by atoms with E-state index in [9.17, 15) is 14.9 Å². The van der Waals surface area contributed by atoms with Crippen LogP contribution in [0.3, 0.4) is 0 Å². The predicted octanol–water partition coefficient (Wildman–Crippen LogP) is 2.99. The summed E-state index contributed by atoms with van der Waals surface area (Å²) in [6.45, 7) is 0.324. The number of aromatic carboxylic acids is 1. The van der Waals surface area contributed by atoms with Crippen LogP contribution < -0.4 is 5.32 Å². The van der Waals surface area contributed by atoms with Gasteiger partial charge in [0.15, 0.2) is 0 Å². The number of carbonyl (C=O) groups is 1. The molecular formula is C10H10Cl2N2O4. The van der Waals surface area contributed by atoms with Gasteiger partial charge in [0.25, 0.3) is 0 Å². The monoisotopic (exact) mass is 292 g/mol. The van der Waals surface area contributed by atoms with E-state index >= 15 is 0 Å². The summed E-state index contributed by atoms with van der Waals surface area (Å²) >= 11 is 11.2. The Morgan fingerprint density at radius 2 is 2.17 bits per heavy atom. The molecule has 98 valence electrons. The second-order valence-corrected chi connectivity index (χ2v) is 4.14. The lowest BCUT2D eigenvalue weighted by Crippen LogP contribution is -2.10. The smallest absolute Gasteiger partial charge is 0.338 e. The third-order valence-corrected chi connectivity index (χ3v) is 2.73. The van der Waals surface area contributed by atoms with E-state index in [2.05, 4.69) is 5.32 Å². The second kappa shape index (κ2) is 6.42.